The van der Waals surface area contributed by atoms with Gasteiger partial charge in [0.15, 0.2) is 9.84 Å². The van der Waals surface area contributed by atoms with Gasteiger partial charge in [0, 0.05) is 22.0 Å². The second-order valence-electron chi connectivity index (χ2n) is 4.75. The van der Waals surface area contributed by atoms with Crippen molar-refractivity contribution in [3.05, 3.63) is 40.9 Å². The van der Waals surface area contributed by atoms with Crippen LogP contribution in [0.1, 0.15) is 0 Å². The van der Waals surface area contributed by atoms with Gasteiger partial charge in [0.25, 0.3) is 0 Å². The molecule has 3 N–H and O–H groups in total. The van der Waals surface area contributed by atoms with Gasteiger partial charge in [0.2, 0.25) is 0 Å². The predicted molar refractivity (Wildman–Crippen MR) is 86.8 cm³/mol. The molecule has 0 radical (unpaired) electrons. The smallest absolute Gasteiger partial charge is 0.177 e. The van der Waals surface area contributed by atoms with Gasteiger partial charge in [-0.15, -0.1) is 0 Å². The van der Waals surface area contributed by atoms with Gasteiger partial charge in [-0.05, 0) is 46.3 Å². The number of fused-ring (bicyclic) bond motifs is 1. The van der Waals surface area contributed by atoms with Crippen LogP contribution in [0, 0.1) is 0 Å². The van der Waals surface area contributed by atoms with E-state index in [-0.39, 0.29) is 4.90 Å². The van der Waals surface area contributed by atoms with E-state index in [2.05, 4.69) is 25.9 Å². The summed E-state index contributed by atoms with van der Waals surface area (Å²) in [7, 11) is -3.33. The van der Waals surface area contributed by atoms with Gasteiger partial charge in [-0.25, -0.2) is 13.4 Å². The van der Waals surface area contributed by atoms with Gasteiger partial charge in [-0.1, -0.05) is 6.07 Å². The minimum atomic E-state index is -3.33. The molecule has 0 unspecified atom stereocenters. The Balaban J connectivity index is 2.24. The molecule has 0 saturated carbocycles. The first-order valence-corrected chi connectivity index (χ1v) is 8.79. The van der Waals surface area contributed by atoms with Crippen molar-refractivity contribution in [2.24, 2.45) is 0 Å². The van der Waals surface area contributed by atoms with E-state index in [9.17, 15) is 8.42 Å². The summed E-state index contributed by atoms with van der Waals surface area (Å²) in [5.41, 5.74) is 8.37. The van der Waals surface area contributed by atoms with Crippen molar-refractivity contribution in [2.75, 3.05) is 12.0 Å². The number of anilines is 1. The molecule has 0 fully saturated rings. The fraction of sp³-hybridized carbons (Fsp3) is 0.0714. The molecule has 1 heterocycles. The van der Waals surface area contributed by atoms with Crippen LogP contribution in [-0.4, -0.2) is 24.6 Å². The Kier molecular flexibility index (Phi) is 3.26. The lowest BCUT2D eigenvalue weighted by Gasteiger charge is -2.00. The van der Waals surface area contributed by atoms with Gasteiger partial charge in [0.05, 0.1) is 10.4 Å². The van der Waals surface area contributed by atoms with E-state index in [0.717, 1.165) is 10.0 Å². The number of benzene rings is 2. The minimum Gasteiger partial charge on any atom is -0.398 e. The largest absolute Gasteiger partial charge is 0.398 e. The number of nitrogens with two attached hydrogens (primary N) is 1. The Morgan fingerprint density at radius 2 is 2.00 bits per heavy atom. The quantitative estimate of drug-likeness (QED) is 0.683. The second-order valence-corrected chi connectivity index (χ2v) is 7.58. The van der Waals surface area contributed by atoms with Gasteiger partial charge in [0.1, 0.15) is 11.3 Å². The number of H-pyrrole nitrogens is 1. The number of aromatic amines is 1. The van der Waals surface area contributed by atoms with Crippen LogP contribution in [0.5, 0.6) is 0 Å². The van der Waals surface area contributed by atoms with E-state index in [4.69, 9.17) is 5.73 Å². The van der Waals surface area contributed by atoms with E-state index in [1.807, 2.05) is 12.1 Å². The maximum atomic E-state index is 11.8. The van der Waals surface area contributed by atoms with Crippen LogP contribution >= 0.6 is 15.9 Å². The number of sulfone groups is 1. The van der Waals surface area contributed by atoms with Gasteiger partial charge in [-0.3, -0.25) is 0 Å². The Labute approximate surface area is 130 Å². The number of nitrogens with zero attached hydrogens (tertiary/aromatic N) is 1. The molecule has 0 bridgehead atoms. The van der Waals surface area contributed by atoms with E-state index in [1.54, 1.807) is 24.3 Å². The van der Waals surface area contributed by atoms with Crippen molar-refractivity contribution < 1.29 is 8.42 Å². The molecular formula is C14H12BrN3O2S. The Hall–Kier alpha value is -1.86. The summed E-state index contributed by atoms with van der Waals surface area (Å²) in [6.07, 6.45) is 1.17. The predicted octanol–water partition coefficient (Wildman–Crippen LogP) is 2.98. The highest BCUT2D eigenvalue weighted by Gasteiger charge is 2.15. The van der Waals surface area contributed by atoms with Crippen molar-refractivity contribution in [1.29, 1.82) is 0 Å². The number of para-hydroxylation sites is 1. The molecular weight excluding hydrogens is 354 g/mol. The van der Waals surface area contributed by atoms with Crippen molar-refractivity contribution in [3.8, 4) is 11.4 Å². The molecule has 1 aromatic heterocycles. The van der Waals surface area contributed by atoms with Crippen LogP contribution in [0.15, 0.2) is 45.8 Å². The van der Waals surface area contributed by atoms with Crippen LogP contribution < -0.4 is 5.73 Å². The first-order valence-electron chi connectivity index (χ1n) is 6.10. The van der Waals surface area contributed by atoms with Gasteiger partial charge in [-0.2, -0.15) is 0 Å². The maximum Gasteiger partial charge on any atom is 0.177 e. The first kappa shape index (κ1) is 14.1. The van der Waals surface area contributed by atoms with Crippen LogP contribution in [0.3, 0.4) is 0 Å². The molecule has 0 atom stereocenters. The van der Waals surface area contributed by atoms with E-state index >= 15 is 0 Å². The molecule has 5 nitrogen and oxygen atoms in total. The Bertz CT molecular complexity index is 948. The van der Waals surface area contributed by atoms with Crippen LogP contribution in [0.4, 0.5) is 5.69 Å². The summed E-state index contributed by atoms with van der Waals surface area (Å²) in [5.74, 6) is 0.584. The lowest BCUT2D eigenvalue weighted by Crippen LogP contribution is -1.97. The van der Waals surface area contributed by atoms with Gasteiger partial charge < -0.3 is 10.7 Å². The Morgan fingerprint density at radius 3 is 2.67 bits per heavy atom. The summed E-state index contributed by atoms with van der Waals surface area (Å²) < 4.78 is 24.4. The molecule has 2 aromatic carbocycles. The topological polar surface area (TPSA) is 88.8 Å². The summed E-state index contributed by atoms with van der Waals surface area (Å²) >= 11 is 3.34. The molecule has 21 heavy (non-hydrogen) atoms. The van der Waals surface area contributed by atoms with Crippen molar-refractivity contribution in [3.63, 3.8) is 0 Å². The van der Waals surface area contributed by atoms with Crippen molar-refractivity contribution >= 4 is 42.5 Å². The maximum absolute atomic E-state index is 11.8. The fourth-order valence-corrected chi connectivity index (χ4v) is 3.21. The molecule has 7 heteroatoms. The number of hydrogen-bond donors (Lipinski definition) is 2. The van der Waals surface area contributed by atoms with Crippen molar-refractivity contribution in [2.45, 2.75) is 4.90 Å². The highest BCUT2D eigenvalue weighted by Crippen LogP contribution is 2.28. The van der Waals surface area contributed by atoms with E-state index in [0.29, 0.717) is 22.5 Å². The zero-order valence-electron chi connectivity index (χ0n) is 11.1. The van der Waals surface area contributed by atoms with E-state index in [1.165, 1.54) is 6.26 Å². The van der Waals surface area contributed by atoms with Crippen LogP contribution in [0.2, 0.25) is 0 Å². The average Bonchev–Trinajstić information content (AvgIpc) is 2.84. The molecule has 0 spiro atoms. The standard InChI is InChI=1S/C14H12BrN3O2S/c1-21(19,20)12-4-2-3-11-13(12)18-14(17-11)8-5-6-9(15)10(16)7-8/h2-7H,16H2,1H3,(H,17,18). The third-order valence-electron chi connectivity index (χ3n) is 3.14. The number of rotatable bonds is 2. The summed E-state index contributed by atoms with van der Waals surface area (Å²) in [4.78, 5) is 7.75. The normalized spacial score (nSPS) is 11.9. The molecule has 0 aliphatic carbocycles. The van der Waals surface area contributed by atoms with Crippen LogP contribution in [-0.2, 0) is 9.84 Å². The van der Waals surface area contributed by atoms with Crippen molar-refractivity contribution in [1.82, 2.24) is 9.97 Å². The third kappa shape index (κ3) is 2.54. The molecule has 3 aromatic rings. The minimum absolute atomic E-state index is 0.215. The lowest BCUT2D eigenvalue weighted by atomic mass is 10.2. The Morgan fingerprint density at radius 1 is 1.24 bits per heavy atom. The summed E-state index contributed by atoms with van der Waals surface area (Å²) in [6.45, 7) is 0. The molecule has 0 amide bonds. The third-order valence-corrected chi connectivity index (χ3v) is 5.00. The molecule has 108 valence electrons. The number of aromatic nitrogens is 2. The van der Waals surface area contributed by atoms with Gasteiger partial charge >= 0.3 is 0 Å². The highest BCUT2D eigenvalue weighted by molar-refractivity contribution is 9.10. The SMILES string of the molecule is CS(=O)(=O)c1cccc2[nH]c(-c3ccc(Br)c(N)c3)nc12. The zero-order valence-corrected chi connectivity index (χ0v) is 13.5. The molecule has 3 rings (SSSR count). The highest BCUT2D eigenvalue weighted by atomic mass is 79.9. The number of halogens is 1. The number of nitrogens with one attached hydrogen (secondary N) is 1. The number of nitrogen functional groups attached to an aromatic ring is 1. The van der Waals surface area contributed by atoms with Crippen LogP contribution in [0.25, 0.3) is 22.4 Å². The first-order chi connectivity index (χ1) is 9.86. The molecule has 0 aliphatic rings. The van der Waals surface area contributed by atoms with E-state index < -0.39 is 9.84 Å². The second kappa shape index (κ2) is 4.85. The lowest BCUT2D eigenvalue weighted by molar-refractivity contribution is 0.602. The summed E-state index contributed by atoms with van der Waals surface area (Å²) in [6, 6.07) is 10.5. The zero-order chi connectivity index (χ0) is 15.2. The molecule has 0 saturated heterocycles. The fourth-order valence-electron chi connectivity index (χ4n) is 2.13. The monoisotopic (exact) mass is 365 g/mol. The molecule has 0 aliphatic heterocycles. The summed E-state index contributed by atoms with van der Waals surface area (Å²) in [5, 5.41) is 0. The number of hydrogen-bond acceptors (Lipinski definition) is 4. The average molecular weight is 366 g/mol. The number of imidazole rings is 1.